The van der Waals surface area contributed by atoms with Gasteiger partial charge in [-0.15, -0.1) is 0 Å². The molecule has 2 atom stereocenters. The molecule has 1 aliphatic heterocycles. The van der Waals surface area contributed by atoms with Gasteiger partial charge in [-0.3, -0.25) is 14.3 Å². The summed E-state index contributed by atoms with van der Waals surface area (Å²) >= 11 is 0. The van der Waals surface area contributed by atoms with E-state index in [-0.39, 0.29) is 17.7 Å². The topological polar surface area (TPSA) is 84.7 Å². The second-order valence-electron chi connectivity index (χ2n) is 9.12. The average Bonchev–Trinajstić information content (AvgIpc) is 3.63. The minimum Gasteiger partial charge on any atom is -0.502 e. The fourth-order valence-electron chi connectivity index (χ4n) is 4.57. The molecule has 1 N–H and O–H groups in total. The third kappa shape index (κ3) is 4.11. The molecule has 0 radical (unpaired) electrons. The summed E-state index contributed by atoms with van der Waals surface area (Å²) < 4.78 is 7.56. The zero-order valence-corrected chi connectivity index (χ0v) is 18.8. The monoisotopic (exact) mass is 445 g/mol. The molecule has 5 rings (SSSR count). The predicted molar refractivity (Wildman–Crippen MR) is 124 cm³/mol. The van der Waals surface area contributed by atoms with Gasteiger partial charge in [0.1, 0.15) is 5.75 Å². The minimum atomic E-state index is -0.661. The number of likely N-dealkylation sites (N-methyl/N-ethyl adjacent to an activating group) is 1. The highest BCUT2D eigenvalue weighted by Crippen LogP contribution is 2.40. The number of carbonyl (C=O) groups is 1. The van der Waals surface area contributed by atoms with Crippen LogP contribution in [-0.4, -0.2) is 45.9 Å². The van der Waals surface area contributed by atoms with Gasteiger partial charge in [-0.05, 0) is 48.9 Å². The molecular formula is C26H27N3O4. The predicted octanol–water partition coefficient (Wildman–Crippen LogP) is 3.50. The van der Waals surface area contributed by atoms with Crippen molar-refractivity contribution < 1.29 is 14.6 Å². The largest absolute Gasteiger partial charge is 0.502 e. The molecule has 0 spiro atoms. The van der Waals surface area contributed by atoms with Crippen molar-refractivity contribution in [3.63, 3.8) is 0 Å². The lowest BCUT2D eigenvalue weighted by Gasteiger charge is -2.37. The van der Waals surface area contributed by atoms with Crippen molar-refractivity contribution in [1.29, 1.82) is 0 Å². The van der Waals surface area contributed by atoms with E-state index < -0.39 is 17.1 Å². The van der Waals surface area contributed by atoms with Gasteiger partial charge in [0.05, 0.1) is 18.8 Å². The number of hydrogen-bond acceptors (Lipinski definition) is 5. The number of aromatic nitrogens is 2. The van der Waals surface area contributed by atoms with E-state index in [0.717, 1.165) is 35.2 Å². The van der Waals surface area contributed by atoms with Gasteiger partial charge in [0.25, 0.3) is 5.91 Å². The van der Waals surface area contributed by atoms with Gasteiger partial charge in [-0.2, -0.15) is 5.10 Å². The molecule has 7 heteroatoms. The SMILES string of the molecule is Cc1cccc(C(c2cccc(OCC3CC3)c2)C2CN(C)C(=O)c3c(O)c(=O)cnn32)c1. The summed E-state index contributed by atoms with van der Waals surface area (Å²) in [5.41, 5.74) is 2.47. The van der Waals surface area contributed by atoms with Crippen molar-refractivity contribution in [2.45, 2.75) is 31.7 Å². The Morgan fingerprint density at radius 2 is 1.85 bits per heavy atom. The number of rotatable bonds is 6. The second-order valence-corrected chi connectivity index (χ2v) is 9.12. The van der Waals surface area contributed by atoms with E-state index in [1.54, 1.807) is 7.05 Å². The van der Waals surface area contributed by atoms with E-state index >= 15 is 0 Å². The van der Waals surface area contributed by atoms with Gasteiger partial charge in [0.15, 0.2) is 11.4 Å². The first-order valence-electron chi connectivity index (χ1n) is 11.3. The van der Waals surface area contributed by atoms with E-state index in [4.69, 9.17) is 4.74 Å². The Hall–Kier alpha value is -3.61. The lowest BCUT2D eigenvalue weighted by molar-refractivity contribution is 0.0686. The highest BCUT2D eigenvalue weighted by atomic mass is 16.5. The Bertz CT molecular complexity index is 1260. The van der Waals surface area contributed by atoms with E-state index in [1.165, 1.54) is 22.4 Å². The van der Waals surface area contributed by atoms with Crippen LogP contribution in [0.2, 0.25) is 0 Å². The highest BCUT2D eigenvalue weighted by Gasteiger charge is 2.38. The molecule has 2 aromatic carbocycles. The van der Waals surface area contributed by atoms with Gasteiger partial charge < -0.3 is 14.7 Å². The zero-order chi connectivity index (χ0) is 23.1. The molecule has 1 aliphatic carbocycles. The fourth-order valence-corrected chi connectivity index (χ4v) is 4.57. The van der Waals surface area contributed by atoms with Crippen LogP contribution < -0.4 is 10.2 Å². The number of hydrogen-bond donors (Lipinski definition) is 1. The zero-order valence-electron chi connectivity index (χ0n) is 18.8. The number of benzene rings is 2. The quantitative estimate of drug-likeness (QED) is 0.628. The summed E-state index contributed by atoms with van der Waals surface area (Å²) in [6, 6.07) is 16.0. The molecule has 0 saturated heterocycles. The van der Waals surface area contributed by atoms with Crippen LogP contribution in [0.1, 0.15) is 52.0 Å². The first kappa shape index (κ1) is 21.2. The normalized spacial score (nSPS) is 18.7. The molecule has 1 amide bonds. The number of amides is 1. The van der Waals surface area contributed by atoms with Crippen molar-refractivity contribution in [1.82, 2.24) is 14.7 Å². The van der Waals surface area contributed by atoms with Crippen LogP contribution >= 0.6 is 0 Å². The second kappa shape index (κ2) is 8.39. The summed E-state index contributed by atoms with van der Waals surface area (Å²) in [7, 11) is 1.68. The summed E-state index contributed by atoms with van der Waals surface area (Å²) in [5, 5.41) is 14.7. The van der Waals surface area contributed by atoms with Crippen molar-refractivity contribution >= 4 is 5.91 Å². The number of aryl methyl sites for hydroxylation is 1. The summed E-state index contributed by atoms with van der Waals surface area (Å²) in [5.74, 6) is 0.302. The first-order valence-corrected chi connectivity index (χ1v) is 11.3. The highest BCUT2D eigenvalue weighted by molar-refractivity contribution is 5.95. The number of fused-ring (bicyclic) bond motifs is 1. The smallest absolute Gasteiger partial charge is 0.275 e. The number of aromatic hydroxyl groups is 1. The van der Waals surface area contributed by atoms with Crippen molar-refractivity contribution in [2.75, 3.05) is 20.2 Å². The molecule has 2 unspecified atom stereocenters. The van der Waals surface area contributed by atoms with Gasteiger partial charge in [0, 0.05) is 19.5 Å². The first-order chi connectivity index (χ1) is 15.9. The van der Waals surface area contributed by atoms with Crippen LogP contribution in [0.5, 0.6) is 11.5 Å². The molecule has 1 aromatic heterocycles. The van der Waals surface area contributed by atoms with Crippen LogP contribution in [0.4, 0.5) is 0 Å². The van der Waals surface area contributed by atoms with E-state index in [2.05, 4.69) is 23.3 Å². The Morgan fingerprint density at radius 3 is 2.58 bits per heavy atom. The Morgan fingerprint density at radius 1 is 1.12 bits per heavy atom. The molecule has 170 valence electrons. The Kier molecular flexibility index (Phi) is 5.40. The van der Waals surface area contributed by atoms with Gasteiger partial charge in [-0.25, -0.2) is 0 Å². The third-order valence-electron chi connectivity index (χ3n) is 6.50. The number of nitrogens with zero attached hydrogens (tertiary/aromatic N) is 3. The molecule has 0 bridgehead atoms. The lowest BCUT2D eigenvalue weighted by atomic mass is 9.83. The van der Waals surface area contributed by atoms with Crippen LogP contribution in [-0.2, 0) is 0 Å². The van der Waals surface area contributed by atoms with Gasteiger partial charge in [-0.1, -0.05) is 42.0 Å². The van der Waals surface area contributed by atoms with E-state index in [0.29, 0.717) is 12.5 Å². The molecule has 2 aliphatic rings. The van der Waals surface area contributed by atoms with Crippen LogP contribution in [0.15, 0.2) is 59.5 Å². The summed E-state index contributed by atoms with van der Waals surface area (Å²) in [6.07, 6.45) is 3.52. The maximum absolute atomic E-state index is 12.8. The van der Waals surface area contributed by atoms with Gasteiger partial charge >= 0.3 is 0 Å². The average molecular weight is 446 g/mol. The molecule has 1 fully saturated rings. The van der Waals surface area contributed by atoms with Gasteiger partial charge in [0.2, 0.25) is 5.43 Å². The van der Waals surface area contributed by atoms with E-state index in [9.17, 15) is 14.7 Å². The van der Waals surface area contributed by atoms with Crippen molar-refractivity contribution in [3.8, 4) is 11.5 Å². The standard InChI is InChI=1S/C26H27N3O4/c1-16-5-3-6-18(11-16)23(19-7-4-8-20(12-19)33-15-17-9-10-17)21-14-28(2)26(32)24-25(31)22(30)13-27-29(21)24/h3-8,11-13,17,21,23,31H,9-10,14-15H2,1-2H3. The molecule has 33 heavy (non-hydrogen) atoms. The minimum absolute atomic E-state index is 0.0694. The summed E-state index contributed by atoms with van der Waals surface area (Å²) in [4.78, 5) is 26.4. The van der Waals surface area contributed by atoms with Crippen LogP contribution in [0, 0.1) is 12.8 Å². The molecule has 7 nitrogen and oxygen atoms in total. The van der Waals surface area contributed by atoms with Crippen LogP contribution in [0.25, 0.3) is 0 Å². The van der Waals surface area contributed by atoms with Crippen molar-refractivity contribution in [2.24, 2.45) is 5.92 Å². The lowest BCUT2D eigenvalue weighted by Crippen LogP contribution is -2.45. The molecule has 3 aromatic rings. The van der Waals surface area contributed by atoms with Crippen LogP contribution in [0.3, 0.4) is 0 Å². The molecule has 1 saturated carbocycles. The number of carbonyl (C=O) groups excluding carboxylic acids is 1. The molecular weight excluding hydrogens is 418 g/mol. The Balaban J connectivity index is 1.64. The Labute approximate surface area is 192 Å². The molecule has 2 heterocycles. The van der Waals surface area contributed by atoms with E-state index in [1.807, 2.05) is 37.3 Å². The van der Waals surface area contributed by atoms with Crippen molar-refractivity contribution in [3.05, 3.63) is 87.3 Å². The maximum Gasteiger partial charge on any atom is 0.275 e. The maximum atomic E-state index is 12.8. The summed E-state index contributed by atoms with van der Waals surface area (Å²) in [6.45, 7) is 3.15. The number of ether oxygens (including phenoxy) is 1. The fraction of sp³-hybridized carbons (Fsp3) is 0.346. The third-order valence-corrected chi connectivity index (χ3v) is 6.50.